The molecule has 0 atom stereocenters. The molecule has 0 aliphatic heterocycles. The predicted octanol–water partition coefficient (Wildman–Crippen LogP) is 0.955. The molecular weight excluding hydrogens is 240 g/mol. The van der Waals surface area contributed by atoms with E-state index in [9.17, 15) is 9.59 Å². The van der Waals surface area contributed by atoms with Gasteiger partial charge in [-0.3, -0.25) is 9.59 Å². The molecule has 2 heterocycles. The topological polar surface area (TPSA) is 98.6 Å². The number of hydrogen-bond donors (Lipinski definition) is 2. The van der Waals surface area contributed by atoms with Crippen LogP contribution in [0.1, 0.15) is 16.1 Å². The number of H-pyrrole nitrogens is 1. The number of thiophene rings is 1. The highest BCUT2D eigenvalue weighted by Gasteiger charge is 2.11. The lowest BCUT2D eigenvalue weighted by Gasteiger charge is -2.01. The van der Waals surface area contributed by atoms with Crippen LogP contribution in [0.3, 0.4) is 0 Å². The van der Waals surface area contributed by atoms with Gasteiger partial charge in [-0.25, -0.2) is 5.10 Å². The van der Waals surface area contributed by atoms with Crippen molar-refractivity contribution in [1.82, 2.24) is 10.2 Å². The van der Waals surface area contributed by atoms with Gasteiger partial charge in [0.2, 0.25) is 0 Å². The molecule has 0 aromatic carbocycles. The fourth-order valence-electron chi connectivity index (χ4n) is 1.13. The van der Waals surface area contributed by atoms with Gasteiger partial charge in [0.1, 0.15) is 16.8 Å². The fraction of sp³-hybridized carbons (Fsp3) is 0. The number of rotatable bonds is 2. The molecule has 0 fully saturated rings. The highest BCUT2D eigenvalue weighted by molar-refractivity contribution is 7.14. The third-order valence-corrected chi connectivity index (χ3v) is 2.75. The van der Waals surface area contributed by atoms with E-state index in [0.29, 0.717) is 10.6 Å². The van der Waals surface area contributed by atoms with Crippen LogP contribution >= 0.6 is 11.3 Å². The average molecular weight is 246 g/mol. The molecule has 0 saturated carbocycles. The summed E-state index contributed by atoms with van der Waals surface area (Å²) in [5, 5.41) is 19.2. The third-order valence-electron chi connectivity index (χ3n) is 1.92. The van der Waals surface area contributed by atoms with Crippen LogP contribution in [0.2, 0.25) is 0 Å². The van der Waals surface area contributed by atoms with Crippen molar-refractivity contribution in [1.29, 1.82) is 5.26 Å². The first-order valence-electron chi connectivity index (χ1n) is 4.55. The van der Waals surface area contributed by atoms with Gasteiger partial charge in [0, 0.05) is 6.07 Å². The van der Waals surface area contributed by atoms with Crippen LogP contribution in [-0.4, -0.2) is 16.1 Å². The Bertz CT molecular complexity index is 632. The highest BCUT2D eigenvalue weighted by atomic mass is 32.1. The molecule has 84 valence electrons. The lowest BCUT2D eigenvalue weighted by molar-refractivity contribution is 0.102. The van der Waals surface area contributed by atoms with Crippen LogP contribution in [0, 0.1) is 11.3 Å². The van der Waals surface area contributed by atoms with E-state index >= 15 is 0 Å². The van der Waals surface area contributed by atoms with E-state index in [4.69, 9.17) is 5.26 Å². The zero-order valence-electron chi connectivity index (χ0n) is 8.43. The molecule has 6 nitrogen and oxygen atoms in total. The summed E-state index contributed by atoms with van der Waals surface area (Å²) < 4.78 is 0. The molecule has 2 rings (SSSR count). The number of nitriles is 1. The number of carbonyl (C=O) groups is 1. The van der Waals surface area contributed by atoms with Crippen molar-refractivity contribution in [3.05, 3.63) is 45.2 Å². The Labute approximate surface area is 99.5 Å². The number of amides is 1. The first-order chi connectivity index (χ1) is 8.20. The Morgan fingerprint density at radius 2 is 2.29 bits per heavy atom. The van der Waals surface area contributed by atoms with Gasteiger partial charge < -0.3 is 5.32 Å². The van der Waals surface area contributed by atoms with Gasteiger partial charge >= 0.3 is 0 Å². The van der Waals surface area contributed by atoms with Crippen molar-refractivity contribution in [3.8, 4) is 6.07 Å². The number of nitrogens with one attached hydrogen (secondary N) is 2. The summed E-state index contributed by atoms with van der Waals surface area (Å²) in [6.07, 6.45) is 0. The molecule has 17 heavy (non-hydrogen) atoms. The number of carbonyl (C=O) groups excluding carboxylic acids is 1. The maximum atomic E-state index is 11.7. The largest absolute Gasteiger partial charge is 0.311 e. The van der Waals surface area contributed by atoms with Gasteiger partial charge in [-0.1, -0.05) is 0 Å². The maximum absolute atomic E-state index is 11.7. The molecule has 0 aliphatic carbocycles. The van der Waals surface area contributed by atoms with Crippen molar-refractivity contribution in [3.63, 3.8) is 0 Å². The molecule has 0 radical (unpaired) electrons. The third kappa shape index (κ3) is 2.38. The van der Waals surface area contributed by atoms with Gasteiger partial charge in [-0.05, 0) is 17.5 Å². The van der Waals surface area contributed by atoms with Crippen LogP contribution in [-0.2, 0) is 0 Å². The summed E-state index contributed by atoms with van der Waals surface area (Å²) in [6, 6.07) is 6.09. The summed E-state index contributed by atoms with van der Waals surface area (Å²) in [6.45, 7) is 0. The normalized spacial score (nSPS) is 9.59. The Morgan fingerprint density at radius 3 is 2.94 bits per heavy atom. The Hall–Kier alpha value is -2.46. The Balaban J connectivity index is 2.20. The average Bonchev–Trinajstić information content (AvgIpc) is 2.77. The number of aromatic nitrogens is 2. The lowest BCUT2D eigenvalue weighted by Crippen LogP contribution is -2.17. The van der Waals surface area contributed by atoms with Crippen LogP contribution in [0.15, 0.2) is 28.4 Å². The van der Waals surface area contributed by atoms with Crippen molar-refractivity contribution in [2.75, 3.05) is 5.32 Å². The maximum Gasteiger partial charge on any atom is 0.276 e. The monoisotopic (exact) mass is 246 g/mol. The quantitative estimate of drug-likeness (QED) is 0.824. The predicted molar refractivity (Wildman–Crippen MR) is 61.8 cm³/mol. The zero-order valence-corrected chi connectivity index (χ0v) is 9.25. The molecular formula is C10H6N4O2S. The van der Waals surface area contributed by atoms with Gasteiger partial charge in [0.25, 0.3) is 11.5 Å². The number of anilines is 1. The van der Waals surface area contributed by atoms with Crippen molar-refractivity contribution < 1.29 is 4.79 Å². The Morgan fingerprint density at radius 1 is 1.47 bits per heavy atom. The second-order valence-electron chi connectivity index (χ2n) is 3.04. The van der Waals surface area contributed by atoms with Gasteiger partial charge in [0.15, 0.2) is 0 Å². The minimum atomic E-state index is -0.472. The summed E-state index contributed by atoms with van der Waals surface area (Å²) in [4.78, 5) is 22.5. The Kier molecular flexibility index (Phi) is 2.98. The van der Waals surface area contributed by atoms with E-state index < -0.39 is 5.91 Å². The molecule has 2 N–H and O–H groups in total. The summed E-state index contributed by atoms with van der Waals surface area (Å²) in [7, 11) is 0. The van der Waals surface area contributed by atoms with Crippen LogP contribution in [0.4, 0.5) is 5.00 Å². The first kappa shape index (κ1) is 11.0. The molecule has 7 heteroatoms. The first-order valence-corrected chi connectivity index (χ1v) is 5.43. The van der Waals surface area contributed by atoms with Crippen molar-refractivity contribution >= 4 is 22.2 Å². The molecule has 0 saturated heterocycles. The molecule has 0 bridgehead atoms. The van der Waals surface area contributed by atoms with E-state index in [2.05, 4.69) is 15.5 Å². The van der Waals surface area contributed by atoms with Crippen molar-refractivity contribution in [2.45, 2.75) is 0 Å². The molecule has 1 amide bonds. The lowest BCUT2D eigenvalue weighted by atomic mass is 10.3. The second kappa shape index (κ2) is 4.59. The SMILES string of the molecule is N#Cc1ccsc1NC(=O)c1ccc(=O)[nH]n1. The minimum absolute atomic E-state index is 0.0851. The van der Waals surface area contributed by atoms with Crippen LogP contribution in [0.25, 0.3) is 0 Å². The van der Waals surface area contributed by atoms with E-state index in [1.807, 2.05) is 6.07 Å². The smallest absolute Gasteiger partial charge is 0.276 e. The molecule has 2 aromatic heterocycles. The number of aromatic amines is 1. The molecule has 0 aliphatic rings. The van der Waals surface area contributed by atoms with E-state index in [-0.39, 0.29) is 11.3 Å². The van der Waals surface area contributed by atoms with Gasteiger partial charge in [-0.15, -0.1) is 11.3 Å². The van der Waals surface area contributed by atoms with E-state index in [1.165, 1.54) is 23.5 Å². The van der Waals surface area contributed by atoms with E-state index in [0.717, 1.165) is 0 Å². The second-order valence-corrected chi connectivity index (χ2v) is 3.95. The molecule has 2 aromatic rings. The van der Waals surface area contributed by atoms with Crippen LogP contribution < -0.4 is 10.9 Å². The van der Waals surface area contributed by atoms with E-state index in [1.54, 1.807) is 11.4 Å². The van der Waals surface area contributed by atoms with Crippen molar-refractivity contribution in [2.24, 2.45) is 0 Å². The van der Waals surface area contributed by atoms with Crippen LogP contribution in [0.5, 0.6) is 0 Å². The minimum Gasteiger partial charge on any atom is -0.311 e. The summed E-state index contributed by atoms with van der Waals surface area (Å²) in [5.41, 5.74) is 0.102. The zero-order chi connectivity index (χ0) is 12.3. The summed E-state index contributed by atoms with van der Waals surface area (Å²) >= 11 is 1.25. The standard InChI is InChI=1S/C10H6N4O2S/c11-5-6-3-4-17-10(6)12-9(16)7-1-2-8(15)14-13-7/h1-4H,(H,12,16)(H,14,15). The molecule has 0 unspecified atom stereocenters. The van der Waals surface area contributed by atoms with Gasteiger partial charge in [0.05, 0.1) is 5.56 Å². The molecule has 0 spiro atoms. The number of nitrogens with zero attached hydrogens (tertiary/aromatic N) is 2. The summed E-state index contributed by atoms with van der Waals surface area (Å²) in [5.74, 6) is -0.472. The number of hydrogen-bond acceptors (Lipinski definition) is 5. The fourth-order valence-corrected chi connectivity index (χ4v) is 1.86. The highest BCUT2D eigenvalue weighted by Crippen LogP contribution is 2.22. The van der Waals surface area contributed by atoms with Gasteiger partial charge in [-0.2, -0.15) is 10.4 Å².